The van der Waals surface area contributed by atoms with E-state index in [2.05, 4.69) is 10.6 Å². The number of rotatable bonds is 0. The second-order valence-corrected chi connectivity index (χ2v) is 4.67. The maximum Gasteiger partial charge on any atom is 0.122 e. The Bertz CT molecular complexity index is 187. The normalized spacial score (nSPS) is 49.8. The van der Waals surface area contributed by atoms with Crippen molar-refractivity contribution < 1.29 is 4.74 Å². The Balaban J connectivity index is 1.76. The van der Waals surface area contributed by atoms with E-state index in [1.807, 2.05) is 0 Å². The predicted octanol–water partition coefficient (Wildman–Crippen LogP) is 0.607. The molecule has 0 aliphatic carbocycles. The third kappa shape index (κ3) is 1.39. The molecule has 0 aromatic rings. The van der Waals surface area contributed by atoms with Crippen molar-refractivity contribution in [3.8, 4) is 0 Å². The fourth-order valence-corrected chi connectivity index (χ4v) is 3.07. The minimum absolute atomic E-state index is 0.0509. The highest BCUT2D eigenvalue weighted by Crippen LogP contribution is 2.35. The van der Waals surface area contributed by atoms with E-state index >= 15 is 0 Å². The minimum atomic E-state index is 0.0509. The van der Waals surface area contributed by atoms with Crippen molar-refractivity contribution in [1.29, 1.82) is 0 Å². The summed E-state index contributed by atoms with van der Waals surface area (Å²) in [5, 5.41) is 7.21. The van der Waals surface area contributed by atoms with Crippen LogP contribution in [-0.4, -0.2) is 31.0 Å². The van der Waals surface area contributed by atoms with Crippen molar-refractivity contribution in [2.75, 3.05) is 13.2 Å². The molecular formula is C10H18N2O. The van der Waals surface area contributed by atoms with Crippen molar-refractivity contribution >= 4 is 0 Å². The lowest BCUT2D eigenvalue weighted by Crippen LogP contribution is -2.60. The summed E-state index contributed by atoms with van der Waals surface area (Å²) in [5.74, 6) is 0. The van der Waals surface area contributed by atoms with Gasteiger partial charge in [0.2, 0.25) is 0 Å². The van der Waals surface area contributed by atoms with Crippen LogP contribution in [0.3, 0.4) is 0 Å². The average molecular weight is 182 g/mol. The lowest BCUT2D eigenvalue weighted by Gasteiger charge is -2.44. The van der Waals surface area contributed by atoms with Crippen LogP contribution in [0.5, 0.6) is 0 Å². The third-order valence-electron chi connectivity index (χ3n) is 3.63. The van der Waals surface area contributed by atoms with Crippen molar-refractivity contribution in [3.63, 3.8) is 0 Å². The SMILES string of the molecule is C1CNC2(CC3CCC(C2)N3)OC1. The highest BCUT2D eigenvalue weighted by Gasteiger charge is 2.44. The van der Waals surface area contributed by atoms with Gasteiger partial charge in [0.1, 0.15) is 5.72 Å². The molecule has 0 radical (unpaired) electrons. The molecule has 13 heavy (non-hydrogen) atoms. The van der Waals surface area contributed by atoms with Crippen LogP contribution in [0.4, 0.5) is 0 Å². The molecule has 3 nitrogen and oxygen atoms in total. The first-order chi connectivity index (χ1) is 6.36. The molecule has 2 unspecified atom stereocenters. The molecule has 0 amide bonds. The van der Waals surface area contributed by atoms with E-state index < -0.39 is 0 Å². The van der Waals surface area contributed by atoms with Crippen LogP contribution in [0.2, 0.25) is 0 Å². The molecular weight excluding hydrogens is 164 g/mol. The van der Waals surface area contributed by atoms with Gasteiger partial charge in [-0.05, 0) is 25.8 Å². The Kier molecular flexibility index (Phi) is 1.86. The molecule has 74 valence electrons. The largest absolute Gasteiger partial charge is 0.360 e. The highest BCUT2D eigenvalue weighted by atomic mass is 16.5. The lowest BCUT2D eigenvalue weighted by atomic mass is 9.94. The quantitative estimate of drug-likeness (QED) is 0.576. The Morgan fingerprint density at radius 3 is 2.54 bits per heavy atom. The van der Waals surface area contributed by atoms with Gasteiger partial charge in [-0.25, -0.2) is 0 Å². The van der Waals surface area contributed by atoms with E-state index in [4.69, 9.17) is 4.74 Å². The van der Waals surface area contributed by atoms with Crippen molar-refractivity contribution in [3.05, 3.63) is 0 Å². The third-order valence-corrected chi connectivity index (χ3v) is 3.63. The zero-order valence-corrected chi connectivity index (χ0v) is 8.01. The standard InChI is InChI=1S/C10H18N2O/c1-4-11-10(13-5-1)6-8-2-3-9(7-10)12-8/h8-9,11-12H,1-7H2. The van der Waals surface area contributed by atoms with Gasteiger partial charge in [-0.2, -0.15) is 0 Å². The van der Waals surface area contributed by atoms with Gasteiger partial charge >= 0.3 is 0 Å². The van der Waals surface area contributed by atoms with Gasteiger partial charge in [-0.3, -0.25) is 5.32 Å². The molecule has 3 heterocycles. The summed E-state index contributed by atoms with van der Waals surface area (Å²) < 4.78 is 5.94. The Morgan fingerprint density at radius 2 is 1.92 bits per heavy atom. The minimum Gasteiger partial charge on any atom is -0.360 e. The number of ether oxygens (including phenoxy) is 1. The maximum atomic E-state index is 5.94. The van der Waals surface area contributed by atoms with Crippen molar-refractivity contribution in [2.45, 2.75) is 49.9 Å². The summed E-state index contributed by atoms with van der Waals surface area (Å²) >= 11 is 0. The molecule has 0 aromatic heterocycles. The summed E-state index contributed by atoms with van der Waals surface area (Å²) in [6.45, 7) is 2.09. The monoisotopic (exact) mass is 182 g/mol. The summed E-state index contributed by atoms with van der Waals surface area (Å²) in [4.78, 5) is 0. The fraction of sp³-hybridized carbons (Fsp3) is 1.00. The van der Waals surface area contributed by atoms with E-state index in [1.54, 1.807) is 0 Å². The number of fused-ring (bicyclic) bond motifs is 2. The number of nitrogens with one attached hydrogen (secondary N) is 2. The molecule has 3 aliphatic rings. The smallest absolute Gasteiger partial charge is 0.122 e. The van der Waals surface area contributed by atoms with Crippen molar-refractivity contribution in [2.24, 2.45) is 0 Å². The summed E-state index contributed by atoms with van der Waals surface area (Å²) in [6, 6.07) is 1.42. The van der Waals surface area contributed by atoms with Gasteiger partial charge < -0.3 is 10.1 Å². The molecule has 0 saturated carbocycles. The summed E-state index contributed by atoms with van der Waals surface area (Å²) in [5.41, 5.74) is 0.0509. The van der Waals surface area contributed by atoms with Crippen LogP contribution in [0.15, 0.2) is 0 Å². The molecule has 3 rings (SSSR count). The van der Waals surface area contributed by atoms with E-state index in [-0.39, 0.29) is 5.72 Å². The van der Waals surface area contributed by atoms with Gasteiger partial charge in [0.25, 0.3) is 0 Å². The molecule has 3 heteroatoms. The van der Waals surface area contributed by atoms with Gasteiger partial charge in [-0.15, -0.1) is 0 Å². The first-order valence-electron chi connectivity index (χ1n) is 5.51. The molecule has 3 fully saturated rings. The molecule has 1 spiro atoms. The van der Waals surface area contributed by atoms with E-state index in [9.17, 15) is 0 Å². The van der Waals surface area contributed by atoms with Crippen LogP contribution in [0.1, 0.15) is 32.1 Å². The molecule has 0 aromatic carbocycles. The van der Waals surface area contributed by atoms with Gasteiger partial charge in [-0.1, -0.05) is 0 Å². The van der Waals surface area contributed by atoms with Crippen LogP contribution < -0.4 is 10.6 Å². The Labute approximate surface area is 79.2 Å². The topological polar surface area (TPSA) is 33.3 Å². The van der Waals surface area contributed by atoms with E-state index in [0.717, 1.165) is 13.2 Å². The lowest BCUT2D eigenvalue weighted by molar-refractivity contribution is -0.121. The van der Waals surface area contributed by atoms with Crippen LogP contribution in [-0.2, 0) is 4.74 Å². The molecule has 2 bridgehead atoms. The Morgan fingerprint density at radius 1 is 1.15 bits per heavy atom. The van der Waals surface area contributed by atoms with E-state index in [1.165, 1.54) is 32.1 Å². The second kappa shape index (κ2) is 2.94. The summed E-state index contributed by atoms with van der Waals surface area (Å²) in [6.07, 6.45) is 6.20. The molecule has 2 N–H and O–H groups in total. The average Bonchev–Trinajstić information content (AvgIpc) is 2.48. The predicted molar refractivity (Wildman–Crippen MR) is 50.5 cm³/mol. The number of hydrogen-bond donors (Lipinski definition) is 2. The van der Waals surface area contributed by atoms with Gasteiger partial charge in [0, 0.05) is 24.9 Å². The number of hydrogen-bond acceptors (Lipinski definition) is 3. The molecule has 3 aliphatic heterocycles. The highest BCUT2D eigenvalue weighted by molar-refractivity contribution is 5.00. The van der Waals surface area contributed by atoms with Gasteiger partial charge in [0.15, 0.2) is 0 Å². The van der Waals surface area contributed by atoms with Crippen LogP contribution >= 0.6 is 0 Å². The van der Waals surface area contributed by atoms with Crippen LogP contribution in [0, 0.1) is 0 Å². The van der Waals surface area contributed by atoms with Crippen LogP contribution in [0.25, 0.3) is 0 Å². The van der Waals surface area contributed by atoms with E-state index in [0.29, 0.717) is 12.1 Å². The number of piperidine rings is 1. The van der Waals surface area contributed by atoms with Crippen molar-refractivity contribution in [1.82, 2.24) is 10.6 Å². The molecule has 3 saturated heterocycles. The maximum absolute atomic E-state index is 5.94. The zero-order chi connectivity index (χ0) is 8.73. The second-order valence-electron chi connectivity index (χ2n) is 4.67. The zero-order valence-electron chi connectivity index (χ0n) is 8.01. The first-order valence-corrected chi connectivity index (χ1v) is 5.51. The fourth-order valence-electron chi connectivity index (χ4n) is 3.07. The van der Waals surface area contributed by atoms with Gasteiger partial charge in [0.05, 0.1) is 6.61 Å². The Hall–Kier alpha value is -0.120. The first kappa shape index (κ1) is 8.21. The summed E-state index contributed by atoms with van der Waals surface area (Å²) in [7, 11) is 0. The molecule has 2 atom stereocenters.